The fourth-order valence-corrected chi connectivity index (χ4v) is 6.41. The number of pyridine rings is 2. The Morgan fingerprint density at radius 1 is 0.783 bits per heavy atom. The van der Waals surface area contributed by atoms with Gasteiger partial charge in [-0.15, -0.1) is 12.4 Å². The summed E-state index contributed by atoms with van der Waals surface area (Å²) < 4.78 is 25.7. The number of aromatic nitrogens is 2. The average molecular weight is 899 g/mol. The predicted octanol–water partition coefficient (Wildman–Crippen LogP) is 6.33. The van der Waals surface area contributed by atoms with E-state index in [-0.39, 0.29) is 48.2 Å². The van der Waals surface area contributed by atoms with E-state index in [0.717, 1.165) is 80.3 Å². The molecular formula is C32H58ClFI2N6O4. The lowest BCUT2D eigenvalue weighted by Crippen LogP contribution is -2.49. The van der Waals surface area contributed by atoms with Gasteiger partial charge < -0.3 is 40.5 Å². The molecule has 2 aromatic heterocycles. The standard InChI is InChI=1S/C14H20IN3O2.C9H10FIN2O.C5H11NO.4CH4.ClH/c1-14(19)8-11(9-14)16-12-6-10(15)7-13(17-12)18-2-4-20-5-3-18;10-8-5-7(11)6-9(12-8)13-1-3-14-4-2-13;1-5(7)2-4(6)3-5;;;;;/h6-7,11,19H,2-5,8-9H2,1H3,(H,16,17);5-6H,1-4H2;4,7H,2-3,6H2,1H3;4*1H4;1H. The smallest absolute Gasteiger partial charge is 0.215 e. The summed E-state index contributed by atoms with van der Waals surface area (Å²) in [5.41, 5.74) is 4.46. The Morgan fingerprint density at radius 2 is 1.20 bits per heavy atom. The maximum Gasteiger partial charge on any atom is 0.215 e. The normalized spacial score (nSPS) is 26.0. The first kappa shape index (κ1) is 47.3. The first-order chi connectivity index (χ1) is 19.4. The summed E-state index contributed by atoms with van der Waals surface area (Å²) in [6.45, 7) is 9.96. The molecule has 0 aromatic carbocycles. The molecule has 4 aliphatic rings. The lowest BCUT2D eigenvalue weighted by Gasteiger charge is -2.41. The molecule has 0 amide bonds. The summed E-state index contributed by atoms with van der Waals surface area (Å²) in [5.74, 6) is 2.20. The van der Waals surface area contributed by atoms with Crippen molar-refractivity contribution < 1.29 is 24.1 Å². The number of ether oxygens (including phenoxy) is 2. The molecule has 0 radical (unpaired) electrons. The Hall–Kier alpha value is -0.820. The van der Waals surface area contributed by atoms with Crippen molar-refractivity contribution in [3.63, 3.8) is 0 Å². The molecule has 4 heterocycles. The summed E-state index contributed by atoms with van der Waals surface area (Å²) in [6, 6.07) is 8.05. The van der Waals surface area contributed by atoms with Gasteiger partial charge in [0.1, 0.15) is 17.5 Å². The monoisotopic (exact) mass is 898 g/mol. The third kappa shape index (κ3) is 15.2. The molecule has 2 aromatic rings. The molecule has 0 atom stereocenters. The van der Waals surface area contributed by atoms with E-state index >= 15 is 0 Å². The molecule has 6 rings (SSSR count). The number of nitrogens with two attached hydrogens (primary N) is 1. The van der Waals surface area contributed by atoms with Crippen LogP contribution in [0.4, 0.5) is 21.8 Å². The van der Waals surface area contributed by atoms with Gasteiger partial charge in [-0.1, -0.05) is 29.7 Å². The van der Waals surface area contributed by atoms with Crippen molar-refractivity contribution in [3.05, 3.63) is 37.4 Å². The summed E-state index contributed by atoms with van der Waals surface area (Å²) in [5, 5.41) is 22.2. The van der Waals surface area contributed by atoms with Crippen molar-refractivity contribution in [2.45, 2.75) is 92.5 Å². The van der Waals surface area contributed by atoms with Crippen molar-refractivity contribution in [2.24, 2.45) is 5.73 Å². The highest BCUT2D eigenvalue weighted by atomic mass is 127. The second-order valence-electron chi connectivity index (χ2n) is 11.6. The molecule has 4 fully saturated rings. The molecule has 0 unspecified atom stereocenters. The number of morpholine rings is 2. The Balaban J connectivity index is 0. The summed E-state index contributed by atoms with van der Waals surface area (Å²) >= 11 is 4.41. The average Bonchev–Trinajstić information content (AvgIpc) is 2.87. The van der Waals surface area contributed by atoms with Gasteiger partial charge >= 0.3 is 0 Å². The molecule has 2 aliphatic carbocycles. The van der Waals surface area contributed by atoms with Gasteiger partial charge in [-0.3, -0.25) is 0 Å². The van der Waals surface area contributed by atoms with Crippen molar-refractivity contribution in [1.82, 2.24) is 9.97 Å². The number of hydrogen-bond acceptors (Lipinski definition) is 10. The second-order valence-corrected chi connectivity index (χ2v) is 14.1. The van der Waals surface area contributed by atoms with Crippen LogP contribution in [0.2, 0.25) is 0 Å². The highest BCUT2D eigenvalue weighted by Crippen LogP contribution is 2.34. The van der Waals surface area contributed by atoms with E-state index in [1.807, 2.05) is 24.8 Å². The van der Waals surface area contributed by atoms with Gasteiger partial charge in [0, 0.05) is 51.5 Å². The van der Waals surface area contributed by atoms with Crippen LogP contribution in [-0.2, 0) is 9.47 Å². The lowest BCUT2D eigenvalue weighted by atomic mass is 9.77. The molecule has 5 N–H and O–H groups in total. The topological polar surface area (TPSA) is 129 Å². The first-order valence-electron chi connectivity index (χ1n) is 14.0. The van der Waals surface area contributed by atoms with E-state index in [0.29, 0.717) is 25.1 Å². The van der Waals surface area contributed by atoms with Gasteiger partial charge in [-0.2, -0.15) is 4.39 Å². The number of halogens is 4. The molecule has 0 bridgehead atoms. The number of aliphatic hydroxyl groups is 2. The van der Waals surface area contributed by atoms with Crippen LogP contribution in [0.5, 0.6) is 0 Å². The maximum absolute atomic E-state index is 13.0. The molecule has 14 heteroatoms. The lowest BCUT2D eigenvalue weighted by molar-refractivity contribution is -0.0287. The van der Waals surface area contributed by atoms with Gasteiger partial charge in [-0.25, -0.2) is 9.97 Å². The zero-order chi connectivity index (χ0) is 29.6. The third-order valence-corrected chi connectivity index (χ3v) is 8.57. The van der Waals surface area contributed by atoms with E-state index < -0.39 is 17.1 Å². The minimum atomic E-state index is -0.507. The highest BCUT2D eigenvalue weighted by Gasteiger charge is 2.38. The zero-order valence-electron chi connectivity index (χ0n) is 24.1. The van der Waals surface area contributed by atoms with Crippen LogP contribution in [-0.4, -0.2) is 96.1 Å². The zero-order valence-corrected chi connectivity index (χ0v) is 29.2. The summed E-state index contributed by atoms with van der Waals surface area (Å²) in [4.78, 5) is 12.9. The largest absolute Gasteiger partial charge is 0.390 e. The van der Waals surface area contributed by atoms with E-state index in [4.69, 9.17) is 25.3 Å². The van der Waals surface area contributed by atoms with Gasteiger partial charge in [0.2, 0.25) is 5.95 Å². The van der Waals surface area contributed by atoms with E-state index in [1.165, 1.54) is 9.64 Å². The minimum Gasteiger partial charge on any atom is -0.390 e. The summed E-state index contributed by atoms with van der Waals surface area (Å²) in [7, 11) is 0. The van der Waals surface area contributed by atoms with Crippen molar-refractivity contribution in [2.75, 3.05) is 67.7 Å². The van der Waals surface area contributed by atoms with Crippen molar-refractivity contribution in [3.8, 4) is 0 Å². The predicted molar refractivity (Wildman–Crippen MR) is 209 cm³/mol. The fraction of sp³-hybridized carbons (Fsp3) is 0.688. The van der Waals surface area contributed by atoms with Crippen molar-refractivity contribution >= 4 is 75.0 Å². The molecule has 10 nitrogen and oxygen atoms in total. The number of nitrogens with zero attached hydrogens (tertiary/aromatic N) is 4. The van der Waals surface area contributed by atoms with E-state index in [2.05, 4.69) is 72.5 Å². The Morgan fingerprint density at radius 3 is 1.57 bits per heavy atom. The summed E-state index contributed by atoms with van der Waals surface area (Å²) in [6.07, 6.45) is 3.11. The molecule has 2 saturated heterocycles. The SMILES string of the molecule is C.C.C.C.CC1(O)CC(N)C1.CC1(O)CC(Nc2cc(I)cc(N3CCOCC3)n2)C1.Cl.Fc1cc(I)cc(N2CCOCC2)n1. The highest BCUT2D eigenvalue weighted by molar-refractivity contribution is 14.1. The van der Waals surface area contributed by atoms with E-state index in [1.54, 1.807) is 0 Å². The Bertz CT molecular complexity index is 1120. The van der Waals surface area contributed by atoms with Crippen LogP contribution >= 0.6 is 57.6 Å². The minimum absolute atomic E-state index is 0. The third-order valence-electron chi connectivity index (χ3n) is 7.32. The van der Waals surface area contributed by atoms with Crippen LogP contribution in [0, 0.1) is 13.1 Å². The van der Waals surface area contributed by atoms with E-state index in [9.17, 15) is 9.50 Å². The van der Waals surface area contributed by atoms with Gasteiger partial charge in [-0.05, 0) is 103 Å². The van der Waals surface area contributed by atoms with Crippen molar-refractivity contribution in [1.29, 1.82) is 0 Å². The first-order valence-corrected chi connectivity index (χ1v) is 16.2. The van der Waals surface area contributed by atoms with Gasteiger partial charge in [0.15, 0.2) is 0 Å². The number of nitrogens with one attached hydrogen (secondary N) is 1. The molecule has 2 saturated carbocycles. The molecule has 2 aliphatic heterocycles. The number of rotatable bonds is 4. The van der Waals surface area contributed by atoms with Crippen LogP contribution < -0.4 is 20.9 Å². The molecule has 0 spiro atoms. The molecular weight excluding hydrogens is 841 g/mol. The Labute approximate surface area is 310 Å². The van der Waals surface area contributed by atoms with Crippen LogP contribution in [0.15, 0.2) is 24.3 Å². The van der Waals surface area contributed by atoms with Crippen LogP contribution in [0.25, 0.3) is 0 Å². The molecule has 46 heavy (non-hydrogen) atoms. The Kier molecular flexibility index (Phi) is 21.9. The molecule has 268 valence electrons. The fourth-order valence-electron chi connectivity index (χ4n) is 5.30. The number of hydrogen-bond donors (Lipinski definition) is 4. The number of anilines is 3. The second kappa shape index (κ2) is 21.3. The quantitative estimate of drug-likeness (QED) is 0.204. The van der Waals surface area contributed by atoms with Gasteiger partial charge in [0.25, 0.3) is 0 Å². The maximum atomic E-state index is 13.0. The van der Waals surface area contributed by atoms with Crippen LogP contribution in [0.1, 0.15) is 69.2 Å². The van der Waals surface area contributed by atoms with Gasteiger partial charge in [0.05, 0.1) is 37.6 Å². The van der Waals surface area contributed by atoms with Crippen LogP contribution in [0.3, 0.4) is 0 Å².